The number of benzene rings is 2. The topological polar surface area (TPSA) is 93.2 Å². The number of aromatic nitrogens is 2. The molecule has 0 saturated heterocycles. The number of carbonyl (C=O) groups is 2. The molecule has 0 unspecified atom stereocenters. The summed E-state index contributed by atoms with van der Waals surface area (Å²) in [6.07, 6.45) is 3.30. The first kappa shape index (κ1) is 24.9. The van der Waals surface area contributed by atoms with Crippen LogP contribution in [0.1, 0.15) is 27.0 Å². The second-order valence-corrected chi connectivity index (χ2v) is 9.14. The Morgan fingerprint density at radius 1 is 0.861 bits per heavy atom. The number of hydrogen-bond acceptors (Lipinski definition) is 6. The number of para-hydroxylation sites is 1. The van der Waals surface area contributed by atoms with Gasteiger partial charge in [0.05, 0.1) is 5.56 Å². The number of nitrogens with zero attached hydrogens (tertiary/aromatic N) is 2. The van der Waals surface area contributed by atoms with Crippen molar-refractivity contribution in [3.63, 3.8) is 0 Å². The number of anilines is 2. The molecule has 36 heavy (non-hydrogen) atoms. The first-order chi connectivity index (χ1) is 17.5. The highest BCUT2D eigenvalue weighted by atomic mass is 32.2. The molecule has 2 heterocycles. The van der Waals surface area contributed by atoms with Crippen molar-refractivity contribution in [2.45, 2.75) is 24.6 Å². The lowest BCUT2D eigenvalue weighted by atomic mass is 10.1. The Bertz CT molecular complexity index is 1340. The summed E-state index contributed by atoms with van der Waals surface area (Å²) in [4.78, 5) is 33.9. The highest BCUT2D eigenvalue weighted by Crippen LogP contribution is 2.26. The third-order valence-corrected chi connectivity index (χ3v) is 6.15. The molecule has 8 heteroatoms. The molecular formula is C28H26N4O3S. The summed E-state index contributed by atoms with van der Waals surface area (Å²) in [5, 5.41) is 6.35. The summed E-state index contributed by atoms with van der Waals surface area (Å²) in [6, 6.07) is 22.2. The minimum absolute atomic E-state index is 0.114. The van der Waals surface area contributed by atoms with Crippen LogP contribution in [-0.4, -0.2) is 28.4 Å². The summed E-state index contributed by atoms with van der Waals surface area (Å²) < 4.78 is 5.48. The molecule has 0 fully saturated rings. The highest BCUT2D eigenvalue weighted by Gasteiger charge is 2.14. The van der Waals surface area contributed by atoms with E-state index in [9.17, 15) is 9.59 Å². The number of nitrogens with one attached hydrogen (secondary N) is 2. The molecule has 0 atom stereocenters. The standard InChI is InChI=1S/C28H26N4O3S/c1-19-13-20(2)15-22(14-19)31-27(34)24-9-6-11-30-28(24)36-18-21-10-12-29-25(16-21)32-26(33)17-35-23-7-4-3-5-8-23/h3-16H,17-18H2,1-2H3,(H,31,34)(H,29,32,33). The van der Waals surface area contributed by atoms with Gasteiger partial charge in [0.1, 0.15) is 16.6 Å². The number of carbonyl (C=O) groups excluding carboxylic acids is 2. The largest absolute Gasteiger partial charge is 0.484 e. The van der Waals surface area contributed by atoms with Gasteiger partial charge in [-0.3, -0.25) is 9.59 Å². The molecule has 0 aliphatic rings. The van der Waals surface area contributed by atoms with Crippen molar-refractivity contribution in [2.24, 2.45) is 0 Å². The molecule has 0 saturated carbocycles. The van der Waals surface area contributed by atoms with Crippen LogP contribution in [0.2, 0.25) is 0 Å². The zero-order valence-electron chi connectivity index (χ0n) is 20.0. The van der Waals surface area contributed by atoms with E-state index in [1.807, 2.05) is 50.2 Å². The Labute approximate surface area is 214 Å². The Morgan fingerprint density at radius 3 is 2.42 bits per heavy atom. The van der Waals surface area contributed by atoms with Gasteiger partial charge in [0.15, 0.2) is 6.61 Å². The summed E-state index contributed by atoms with van der Waals surface area (Å²) >= 11 is 1.44. The maximum absolute atomic E-state index is 13.0. The van der Waals surface area contributed by atoms with Gasteiger partial charge < -0.3 is 15.4 Å². The van der Waals surface area contributed by atoms with Gasteiger partial charge >= 0.3 is 0 Å². The second-order valence-electron chi connectivity index (χ2n) is 8.17. The number of amides is 2. The average Bonchev–Trinajstić information content (AvgIpc) is 2.87. The number of pyridine rings is 2. The molecule has 4 rings (SSSR count). The monoisotopic (exact) mass is 498 g/mol. The molecule has 182 valence electrons. The predicted octanol–water partition coefficient (Wildman–Crippen LogP) is 5.66. The van der Waals surface area contributed by atoms with Crippen molar-refractivity contribution in [3.8, 4) is 5.75 Å². The van der Waals surface area contributed by atoms with E-state index < -0.39 is 0 Å². The van der Waals surface area contributed by atoms with Gasteiger partial charge in [0.2, 0.25) is 0 Å². The molecule has 2 amide bonds. The van der Waals surface area contributed by atoms with E-state index in [-0.39, 0.29) is 18.4 Å². The van der Waals surface area contributed by atoms with Crippen molar-refractivity contribution < 1.29 is 14.3 Å². The maximum Gasteiger partial charge on any atom is 0.263 e. The normalized spacial score (nSPS) is 10.5. The van der Waals surface area contributed by atoms with Gasteiger partial charge in [0.25, 0.3) is 11.8 Å². The molecule has 0 spiro atoms. The van der Waals surface area contributed by atoms with E-state index in [2.05, 4.69) is 26.7 Å². The molecule has 4 aromatic rings. The summed E-state index contributed by atoms with van der Waals surface area (Å²) in [5.74, 6) is 1.09. The van der Waals surface area contributed by atoms with E-state index in [1.54, 1.807) is 42.7 Å². The fourth-order valence-electron chi connectivity index (χ4n) is 3.55. The van der Waals surface area contributed by atoms with Crippen LogP contribution in [0.4, 0.5) is 11.5 Å². The lowest BCUT2D eigenvalue weighted by Gasteiger charge is -2.11. The smallest absolute Gasteiger partial charge is 0.263 e. The Morgan fingerprint density at radius 2 is 1.64 bits per heavy atom. The second kappa shape index (κ2) is 12.0. The maximum atomic E-state index is 13.0. The Balaban J connectivity index is 1.36. The lowest BCUT2D eigenvalue weighted by Crippen LogP contribution is -2.20. The number of aryl methyl sites for hydroxylation is 2. The van der Waals surface area contributed by atoms with Crippen LogP contribution < -0.4 is 15.4 Å². The van der Waals surface area contributed by atoms with E-state index in [0.29, 0.717) is 27.9 Å². The van der Waals surface area contributed by atoms with E-state index in [1.165, 1.54) is 11.8 Å². The van der Waals surface area contributed by atoms with E-state index >= 15 is 0 Å². The van der Waals surface area contributed by atoms with E-state index in [0.717, 1.165) is 22.4 Å². The zero-order chi connectivity index (χ0) is 25.3. The molecule has 2 aromatic heterocycles. The first-order valence-electron chi connectivity index (χ1n) is 11.4. The van der Waals surface area contributed by atoms with Crippen LogP contribution in [0.25, 0.3) is 0 Å². The predicted molar refractivity (Wildman–Crippen MR) is 142 cm³/mol. The third-order valence-electron chi connectivity index (χ3n) is 5.08. The van der Waals surface area contributed by atoms with Gasteiger partial charge in [-0.2, -0.15) is 0 Å². The quantitative estimate of drug-likeness (QED) is 0.290. The molecule has 0 radical (unpaired) electrons. The number of thioether (sulfide) groups is 1. The molecule has 0 bridgehead atoms. The van der Waals surface area contributed by atoms with Gasteiger partial charge in [0, 0.05) is 23.8 Å². The highest BCUT2D eigenvalue weighted by molar-refractivity contribution is 7.98. The lowest BCUT2D eigenvalue weighted by molar-refractivity contribution is -0.118. The molecular weight excluding hydrogens is 472 g/mol. The fourth-order valence-corrected chi connectivity index (χ4v) is 4.49. The number of hydrogen-bond donors (Lipinski definition) is 2. The van der Waals surface area contributed by atoms with Crippen molar-refractivity contribution in [1.82, 2.24) is 9.97 Å². The van der Waals surface area contributed by atoms with Gasteiger partial charge in [-0.05, 0) is 79.1 Å². The van der Waals surface area contributed by atoms with Crippen LogP contribution in [0.15, 0.2) is 90.2 Å². The average molecular weight is 499 g/mol. The van der Waals surface area contributed by atoms with Gasteiger partial charge in [-0.1, -0.05) is 24.3 Å². The summed E-state index contributed by atoms with van der Waals surface area (Å²) in [7, 11) is 0. The number of ether oxygens (including phenoxy) is 1. The number of rotatable bonds is 9. The van der Waals surface area contributed by atoms with Crippen LogP contribution in [-0.2, 0) is 10.5 Å². The van der Waals surface area contributed by atoms with Crippen molar-refractivity contribution in [1.29, 1.82) is 0 Å². The fraction of sp³-hybridized carbons (Fsp3) is 0.143. The summed E-state index contributed by atoms with van der Waals surface area (Å²) in [6.45, 7) is 3.88. The van der Waals surface area contributed by atoms with Gasteiger partial charge in [-0.25, -0.2) is 9.97 Å². The molecule has 2 N–H and O–H groups in total. The SMILES string of the molecule is Cc1cc(C)cc(NC(=O)c2cccnc2SCc2ccnc(NC(=O)COc3ccccc3)c2)c1. The van der Waals surface area contributed by atoms with Crippen LogP contribution in [0.5, 0.6) is 5.75 Å². The van der Waals surface area contributed by atoms with Gasteiger partial charge in [-0.15, -0.1) is 11.8 Å². The van der Waals surface area contributed by atoms with E-state index in [4.69, 9.17) is 4.74 Å². The summed E-state index contributed by atoms with van der Waals surface area (Å²) in [5.41, 5.74) is 4.35. The third kappa shape index (κ3) is 7.16. The molecule has 0 aliphatic heterocycles. The molecule has 7 nitrogen and oxygen atoms in total. The Hall–Kier alpha value is -4.17. The van der Waals surface area contributed by atoms with Crippen molar-refractivity contribution in [2.75, 3.05) is 17.2 Å². The van der Waals surface area contributed by atoms with Crippen molar-refractivity contribution in [3.05, 3.63) is 107 Å². The molecule has 0 aliphatic carbocycles. The van der Waals surface area contributed by atoms with Crippen LogP contribution in [0.3, 0.4) is 0 Å². The van der Waals surface area contributed by atoms with Crippen molar-refractivity contribution >= 4 is 35.1 Å². The van der Waals surface area contributed by atoms with Crippen LogP contribution in [0, 0.1) is 13.8 Å². The minimum atomic E-state index is -0.300. The minimum Gasteiger partial charge on any atom is -0.484 e. The van der Waals surface area contributed by atoms with Crippen LogP contribution >= 0.6 is 11.8 Å². The Kier molecular flexibility index (Phi) is 8.31. The zero-order valence-corrected chi connectivity index (χ0v) is 20.8. The first-order valence-corrected chi connectivity index (χ1v) is 12.3. The molecule has 2 aromatic carbocycles.